The van der Waals surface area contributed by atoms with Gasteiger partial charge in [-0.1, -0.05) is 30.3 Å². The molecule has 1 rings (SSSR count). The lowest BCUT2D eigenvalue weighted by Crippen LogP contribution is -2.29. The Morgan fingerprint density at radius 2 is 1.71 bits per heavy atom. The van der Waals surface area contributed by atoms with Gasteiger partial charge in [0, 0.05) is 14.2 Å². The Morgan fingerprint density at radius 1 is 1.14 bits per heavy atom. The van der Waals surface area contributed by atoms with Crippen LogP contribution in [0.25, 0.3) is 0 Å². The largest absolute Gasteiger partial charge is 0.385 e. The van der Waals surface area contributed by atoms with Crippen LogP contribution in [0.3, 0.4) is 0 Å². The normalized spacial score (nSPS) is 14.0. The Kier molecular flexibility index (Phi) is 3.55. The highest BCUT2D eigenvalue weighted by Gasteiger charge is 2.41. The SMILES string of the molecule is COC(c1ccccc1)C(F)(F)OC. The summed E-state index contributed by atoms with van der Waals surface area (Å²) in [5.41, 5.74) is 0.391. The summed E-state index contributed by atoms with van der Waals surface area (Å²) in [4.78, 5) is 0. The summed E-state index contributed by atoms with van der Waals surface area (Å²) in [6.45, 7) is 0. The van der Waals surface area contributed by atoms with Gasteiger partial charge in [0.2, 0.25) is 0 Å². The minimum atomic E-state index is -3.31. The van der Waals surface area contributed by atoms with Crippen LogP contribution in [0, 0.1) is 0 Å². The Hall–Kier alpha value is -1.00. The van der Waals surface area contributed by atoms with Crippen LogP contribution in [0.1, 0.15) is 11.7 Å². The third-order valence-electron chi connectivity index (χ3n) is 1.92. The zero-order chi connectivity index (χ0) is 10.6. The van der Waals surface area contributed by atoms with Gasteiger partial charge in [-0.3, -0.25) is 0 Å². The van der Waals surface area contributed by atoms with Crippen molar-refractivity contribution in [1.29, 1.82) is 0 Å². The lowest BCUT2D eigenvalue weighted by Gasteiger charge is -2.23. The van der Waals surface area contributed by atoms with Gasteiger partial charge in [-0.2, -0.15) is 8.78 Å². The minimum Gasteiger partial charge on any atom is -0.368 e. The average Bonchev–Trinajstić information content (AvgIpc) is 2.20. The van der Waals surface area contributed by atoms with Gasteiger partial charge in [0.05, 0.1) is 0 Å². The Morgan fingerprint density at radius 3 is 2.14 bits per heavy atom. The molecular formula is C10H12F2O2. The number of halogens is 2. The van der Waals surface area contributed by atoms with Crippen LogP contribution in [0.15, 0.2) is 30.3 Å². The number of methoxy groups -OCH3 is 2. The topological polar surface area (TPSA) is 18.5 Å². The second kappa shape index (κ2) is 4.48. The van der Waals surface area contributed by atoms with E-state index < -0.39 is 12.2 Å². The number of hydrogen-bond acceptors (Lipinski definition) is 2. The predicted octanol–water partition coefficient (Wildman–Crippen LogP) is 2.61. The van der Waals surface area contributed by atoms with E-state index in [1.54, 1.807) is 30.3 Å². The molecule has 78 valence electrons. The molecule has 14 heavy (non-hydrogen) atoms. The molecule has 0 aromatic heterocycles. The lowest BCUT2D eigenvalue weighted by atomic mass is 10.1. The number of hydrogen-bond donors (Lipinski definition) is 0. The van der Waals surface area contributed by atoms with Crippen molar-refractivity contribution in [1.82, 2.24) is 0 Å². The maximum atomic E-state index is 13.2. The smallest absolute Gasteiger partial charge is 0.368 e. The number of rotatable bonds is 4. The first-order chi connectivity index (χ1) is 6.61. The molecule has 0 saturated heterocycles. The van der Waals surface area contributed by atoms with Crippen molar-refractivity contribution in [2.24, 2.45) is 0 Å². The molecule has 0 aliphatic heterocycles. The minimum absolute atomic E-state index is 0.391. The Bertz CT molecular complexity index is 275. The summed E-state index contributed by atoms with van der Waals surface area (Å²) in [7, 11) is 2.18. The highest BCUT2D eigenvalue weighted by molar-refractivity contribution is 5.18. The van der Waals surface area contributed by atoms with Gasteiger partial charge in [0.25, 0.3) is 0 Å². The van der Waals surface area contributed by atoms with E-state index in [-0.39, 0.29) is 0 Å². The first kappa shape index (κ1) is 11.1. The molecule has 1 atom stereocenters. The maximum Gasteiger partial charge on any atom is 0.385 e. The van der Waals surface area contributed by atoms with Crippen molar-refractivity contribution in [2.75, 3.05) is 14.2 Å². The van der Waals surface area contributed by atoms with Gasteiger partial charge < -0.3 is 9.47 Å². The van der Waals surface area contributed by atoms with E-state index in [1.807, 2.05) is 0 Å². The summed E-state index contributed by atoms with van der Waals surface area (Å²) < 4.78 is 35.1. The van der Waals surface area contributed by atoms with Crippen molar-refractivity contribution in [3.05, 3.63) is 35.9 Å². The van der Waals surface area contributed by atoms with Crippen molar-refractivity contribution in [3.8, 4) is 0 Å². The quantitative estimate of drug-likeness (QED) is 0.747. The number of ether oxygens (including phenoxy) is 2. The molecule has 0 radical (unpaired) electrons. The molecule has 4 heteroatoms. The Labute approximate surface area is 81.4 Å². The lowest BCUT2D eigenvalue weighted by molar-refractivity contribution is -0.284. The van der Waals surface area contributed by atoms with Crippen LogP contribution in [0.2, 0.25) is 0 Å². The molecule has 0 saturated carbocycles. The van der Waals surface area contributed by atoms with E-state index in [9.17, 15) is 8.78 Å². The molecule has 1 aromatic rings. The zero-order valence-corrected chi connectivity index (χ0v) is 8.04. The molecule has 1 aromatic carbocycles. The zero-order valence-electron chi connectivity index (χ0n) is 8.04. The molecular weight excluding hydrogens is 190 g/mol. The summed E-state index contributed by atoms with van der Waals surface area (Å²) in [5, 5.41) is 0. The fraction of sp³-hybridized carbons (Fsp3) is 0.400. The first-order valence-electron chi connectivity index (χ1n) is 4.12. The fourth-order valence-electron chi connectivity index (χ4n) is 1.20. The van der Waals surface area contributed by atoms with Crippen LogP contribution < -0.4 is 0 Å². The third-order valence-corrected chi connectivity index (χ3v) is 1.92. The summed E-state index contributed by atoms with van der Waals surface area (Å²) in [6.07, 6.45) is -4.68. The van der Waals surface area contributed by atoms with Gasteiger partial charge in [0.1, 0.15) is 0 Å². The highest BCUT2D eigenvalue weighted by Crippen LogP contribution is 2.34. The number of alkyl halides is 2. The van der Waals surface area contributed by atoms with Crippen LogP contribution >= 0.6 is 0 Å². The Balaban J connectivity index is 2.93. The third kappa shape index (κ3) is 2.27. The molecule has 0 fully saturated rings. The van der Waals surface area contributed by atoms with Gasteiger partial charge in [-0.15, -0.1) is 0 Å². The highest BCUT2D eigenvalue weighted by atomic mass is 19.3. The van der Waals surface area contributed by atoms with Crippen LogP contribution in [0.5, 0.6) is 0 Å². The summed E-state index contributed by atoms with van der Waals surface area (Å²) in [5.74, 6) is 0. The molecule has 0 amide bonds. The van der Waals surface area contributed by atoms with E-state index >= 15 is 0 Å². The van der Waals surface area contributed by atoms with E-state index in [2.05, 4.69) is 4.74 Å². The molecule has 2 nitrogen and oxygen atoms in total. The molecule has 0 bridgehead atoms. The monoisotopic (exact) mass is 202 g/mol. The standard InChI is InChI=1S/C10H12F2O2/c1-13-9(10(11,12)14-2)8-6-4-3-5-7-8/h3-7,9H,1-2H3. The average molecular weight is 202 g/mol. The van der Waals surface area contributed by atoms with Crippen molar-refractivity contribution < 1.29 is 18.3 Å². The number of benzene rings is 1. The van der Waals surface area contributed by atoms with E-state index in [4.69, 9.17) is 4.74 Å². The molecule has 0 N–H and O–H groups in total. The molecule has 0 aliphatic rings. The summed E-state index contributed by atoms with van der Waals surface area (Å²) in [6, 6.07) is 8.24. The van der Waals surface area contributed by atoms with Gasteiger partial charge in [-0.25, -0.2) is 0 Å². The molecule has 0 heterocycles. The van der Waals surface area contributed by atoms with Crippen molar-refractivity contribution in [3.63, 3.8) is 0 Å². The van der Waals surface area contributed by atoms with Crippen LogP contribution in [0.4, 0.5) is 8.78 Å². The maximum absolute atomic E-state index is 13.2. The molecule has 1 unspecified atom stereocenters. The predicted molar refractivity (Wildman–Crippen MR) is 48.1 cm³/mol. The van der Waals surface area contributed by atoms with Crippen molar-refractivity contribution >= 4 is 0 Å². The van der Waals surface area contributed by atoms with Crippen LogP contribution in [-0.4, -0.2) is 20.3 Å². The molecule has 0 aliphatic carbocycles. The first-order valence-corrected chi connectivity index (χ1v) is 4.12. The summed E-state index contributed by atoms with van der Waals surface area (Å²) >= 11 is 0. The van der Waals surface area contributed by atoms with Gasteiger partial charge in [0.15, 0.2) is 6.10 Å². The fourth-order valence-corrected chi connectivity index (χ4v) is 1.20. The van der Waals surface area contributed by atoms with Crippen molar-refractivity contribution in [2.45, 2.75) is 12.2 Å². The van der Waals surface area contributed by atoms with E-state index in [1.165, 1.54) is 7.11 Å². The van der Waals surface area contributed by atoms with Gasteiger partial charge >= 0.3 is 6.11 Å². The van der Waals surface area contributed by atoms with E-state index in [0.717, 1.165) is 7.11 Å². The van der Waals surface area contributed by atoms with Gasteiger partial charge in [-0.05, 0) is 5.56 Å². The van der Waals surface area contributed by atoms with Crippen LogP contribution in [-0.2, 0) is 9.47 Å². The van der Waals surface area contributed by atoms with E-state index in [0.29, 0.717) is 5.56 Å². The second-order valence-corrected chi connectivity index (χ2v) is 2.79. The molecule has 0 spiro atoms. The second-order valence-electron chi connectivity index (χ2n) is 2.79.